The van der Waals surface area contributed by atoms with Crippen molar-refractivity contribution in [1.82, 2.24) is 5.01 Å². The number of rotatable bonds is 9. The van der Waals surface area contributed by atoms with E-state index in [1.54, 1.807) is 25.3 Å². The number of thioether (sulfide) groups is 1. The first-order chi connectivity index (χ1) is 17.7. The summed E-state index contributed by atoms with van der Waals surface area (Å²) in [7, 11) is 1.56. The highest BCUT2D eigenvalue weighted by Gasteiger charge is 2.36. The molecule has 2 heterocycles. The molecule has 1 amide bonds. The highest BCUT2D eigenvalue weighted by molar-refractivity contribution is 8.27. The molecule has 2 aromatic rings. The van der Waals surface area contributed by atoms with Crippen molar-refractivity contribution >= 4 is 39.8 Å². The fourth-order valence-electron chi connectivity index (χ4n) is 3.85. The topological polar surface area (TPSA) is 96.6 Å². The molecule has 2 aliphatic rings. The Morgan fingerprint density at radius 2 is 1.73 bits per heavy atom. The molecule has 194 valence electrons. The van der Waals surface area contributed by atoms with Gasteiger partial charge in [0.15, 0.2) is 17.3 Å². The monoisotopic (exact) mass is 520 g/mol. The number of benzene rings is 2. The number of aliphatic imine (C=N–C) groups is 1. The summed E-state index contributed by atoms with van der Waals surface area (Å²) in [5.41, 5.74) is 3.17. The molecule has 0 aromatic heterocycles. The molecule has 0 saturated carbocycles. The zero-order valence-corrected chi connectivity index (χ0v) is 22.8. The maximum atomic E-state index is 12.7. The zero-order valence-electron chi connectivity index (χ0n) is 22.0. The maximum absolute atomic E-state index is 12.7. The van der Waals surface area contributed by atoms with E-state index in [4.69, 9.17) is 19.6 Å². The van der Waals surface area contributed by atoms with E-state index in [1.807, 2.05) is 32.9 Å². The minimum Gasteiger partial charge on any atom is -0.493 e. The fraction of sp³-hybridized carbons (Fsp3) is 0.357. The molecule has 0 spiro atoms. The summed E-state index contributed by atoms with van der Waals surface area (Å²) in [6.07, 6.45) is 1.62. The molecule has 0 fully saturated rings. The number of hydrogen-bond donors (Lipinski definition) is 1. The van der Waals surface area contributed by atoms with Crippen molar-refractivity contribution in [3.05, 3.63) is 58.7 Å². The molecule has 0 atom stereocenters. The molecule has 37 heavy (non-hydrogen) atoms. The Morgan fingerprint density at radius 1 is 1.00 bits per heavy atom. The lowest BCUT2D eigenvalue weighted by Crippen LogP contribution is -2.35. The highest BCUT2D eigenvalue weighted by atomic mass is 32.2. The van der Waals surface area contributed by atoms with Gasteiger partial charge in [-0.05, 0) is 65.6 Å². The Balaban J connectivity index is 1.44. The Labute approximate surface area is 221 Å². The van der Waals surface area contributed by atoms with Crippen LogP contribution in [0.2, 0.25) is 0 Å². The van der Waals surface area contributed by atoms with Gasteiger partial charge in [-0.1, -0.05) is 45.9 Å². The molecule has 2 aliphatic heterocycles. The first-order valence-electron chi connectivity index (χ1n) is 12.2. The van der Waals surface area contributed by atoms with Crippen LogP contribution in [0.15, 0.2) is 52.1 Å². The second-order valence-corrected chi connectivity index (χ2v) is 10.4. The van der Waals surface area contributed by atoms with Crippen LogP contribution in [0.4, 0.5) is 0 Å². The van der Waals surface area contributed by atoms with Crippen LogP contribution >= 0.6 is 11.8 Å². The number of hydrazone groups is 1. The van der Waals surface area contributed by atoms with Gasteiger partial charge in [0, 0.05) is 5.92 Å². The van der Waals surface area contributed by atoms with Gasteiger partial charge in [0.05, 0.1) is 12.7 Å². The van der Waals surface area contributed by atoms with Crippen molar-refractivity contribution in [2.45, 2.75) is 40.5 Å². The number of hydrogen-bond acceptors (Lipinski definition) is 7. The number of fused-ring (bicyclic) bond motifs is 1. The molecular formula is C28H32N4O4S. The van der Waals surface area contributed by atoms with Crippen LogP contribution < -0.4 is 14.2 Å². The average molecular weight is 521 g/mol. The third kappa shape index (κ3) is 5.88. The number of ether oxygens (including phenoxy) is 3. The lowest BCUT2D eigenvalue weighted by Gasteiger charge is -2.20. The largest absolute Gasteiger partial charge is 0.493 e. The Kier molecular flexibility index (Phi) is 8.02. The minimum atomic E-state index is -0.461. The molecule has 9 heteroatoms. The van der Waals surface area contributed by atoms with E-state index in [2.05, 4.69) is 36.1 Å². The lowest BCUT2D eigenvalue weighted by atomic mass is 10.0. The molecular weight excluding hydrogens is 488 g/mol. The van der Waals surface area contributed by atoms with E-state index >= 15 is 0 Å². The van der Waals surface area contributed by atoms with Crippen LogP contribution in [0.25, 0.3) is 6.08 Å². The number of carbonyl (C=O) groups excluding carboxylic acids is 1. The van der Waals surface area contributed by atoms with E-state index in [0.29, 0.717) is 41.4 Å². The number of nitrogens with zero attached hydrogens (tertiary/aromatic N) is 3. The highest BCUT2D eigenvalue weighted by Crippen LogP contribution is 2.33. The van der Waals surface area contributed by atoms with Crippen LogP contribution in [-0.2, 0) is 4.79 Å². The van der Waals surface area contributed by atoms with Crippen LogP contribution in [-0.4, -0.2) is 47.3 Å². The summed E-state index contributed by atoms with van der Waals surface area (Å²) in [6.45, 7) is 11.1. The normalized spacial score (nSPS) is 16.3. The van der Waals surface area contributed by atoms with E-state index in [1.165, 1.54) is 22.3 Å². The Morgan fingerprint density at radius 3 is 2.41 bits per heavy atom. The van der Waals surface area contributed by atoms with Crippen molar-refractivity contribution in [2.24, 2.45) is 16.0 Å². The Hall–Kier alpha value is -3.59. The molecule has 0 bridgehead atoms. The molecule has 8 nitrogen and oxygen atoms in total. The zero-order chi connectivity index (χ0) is 26.7. The number of nitrogens with one attached hydrogen (secondary N) is 1. The summed E-state index contributed by atoms with van der Waals surface area (Å²) in [5.74, 6) is 2.05. The molecule has 4 rings (SSSR count). The predicted molar refractivity (Wildman–Crippen MR) is 149 cm³/mol. The van der Waals surface area contributed by atoms with Gasteiger partial charge in [0.1, 0.15) is 24.0 Å². The van der Waals surface area contributed by atoms with E-state index < -0.39 is 5.91 Å². The summed E-state index contributed by atoms with van der Waals surface area (Å²) in [5, 5.41) is 15.7. The first kappa shape index (κ1) is 26.5. The number of amidine groups is 2. The third-order valence-corrected chi connectivity index (χ3v) is 7.06. The summed E-state index contributed by atoms with van der Waals surface area (Å²) in [4.78, 5) is 16.8. The van der Waals surface area contributed by atoms with Gasteiger partial charge in [-0.25, -0.2) is 0 Å². The quantitative estimate of drug-likeness (QED) is 0.329. The molecule has 1 N–H and O–H groups in total. The SMILES string of the molecule is COc1cc(/C=C2/C(=N)N3N=C(C(C)C)SC3=NC2=O)ccc1OCCOc1cc(C)ccc1C(C)C. The van der Waals surface area contributed by atoms with E-state index in [-0.39, 0.29) is 17.3 Å². The third-order valence-electron chi connectivity index (χ3n) is 5.85. The Bertz CT molecular complexity index is 1310. The number of amides is 1. The summed E-state index contributed by atoms with van der Waals surface area (Å²) >= 11 is 1.33. The molecule has 0 radical (unpaired) electrons. The van der Waals surface area contributed by atoms with E-state index in [9.17, 15) is 4.79 Å². The van der Waals surface area contributed by atoms with Crippen LogP contribution in [0.5, 0.6) is 17.2 Å². The van der Waals surface area contributed by atoms with Gasteiger partial charge in [-0.15, -0.1) is 0 Å². The summed E-state index contributed by atoms with van der Waals surface area (Å²) in [6, 6.07) is 11.6. The maximum Gasteiger partial charge on any atom is 0.283 e. The van der Waals surface area contributed by atoms with Crippen LogP contribution in [0, 0.1) is 18.3 Å². The first-order valence-corrected chi connectivity index (χ1v) is 13.0. The number of aryl methyl sites for hydroxylation is 1. The van der Waals surface area contributed by atoms with Gasteiger partial charge < -0.3 is 14.2 Å². The van der Waals surface area contributed by atoms with Gasteiger partial charge in [0.25, 0.3) is 5.91 Å². The van der Waals surface area contributed by atoms with Gasteiger partial charge in [-0.3, -0.25) is 10.2 Å². The number of carbonyl (C=O) groups is 1. The molecule has 0 saturated heterocycles. The summed E-state index contributed by atoms with van der Waals surface area (Å²) < 4.78 is 17.5. The van der Waals surface area contributed by atoms with Crippen molar-refractivity contribution < 1.29 is 19.0 Å². The standard InChI is InChI=1S/C28H32N4O4S/c1-16(2)20-9-7-18(5)13-23(20)36-12-11-35-22-10-8-19(15-24(22)34-6)14-21-25(29)32-28(30-26(21)33)37-27(31-32)17(3)4/h7-10,13-17,29H,11-12H2,1-6H3/b21-14-,29-25?. The average Bonchev–Trinajstić information content (AvgIpc) is 3.29. The van der Waals surface area contributed by atoms with Crippen LogP contribution in [0.1, 0.15) is 50.3 Å². The second kappa shape index (κ2) is 11.2. The lowest BCUT2D eigenvalue weighted by molar-refractivity contribution is -0.114. The van der Waals surface area contributed by atoms with Crippen molar-refractivity contribution in [3.63, 3.8) is 0 Å². The molecule has 0 aliphatic carbocycles. The van der Waals surface area contributed by atoms with Gasteiger partial charge in [-0.2, -0.15) is 15.1 Å². The van der Waals surface area contributed by atoms with Crippen molar-refractivity contribution in [2.75, 3.05) is 20.3 Å². The van der Waals surface area contributed by atoms with Crippen molar-refractivity contribution in [3.8, 4) is 17.2 Å². The van der Waals surface area contributed by atoms with Gasteiger partial charge in [0.2, 0.25) is 5.17 Å². The smallest absolute Gasteiger partial charge is 0.283 e. The van der Waals surface area contributed by atoms with Crippen LogP contribution in [0.3, 0.4) is 0 Å². The number of methoxy groups -OCH3 is 1. The molecule has 2 aromatic carbocycles. The minimum absolute atomic E-state index is 0.00603. The fourth-order valence-corrected chi connectivity index (χ4v) is 4.74. The van der Waals surface area contributed by atoms with Gasteiger partial charge >= 0.3 is 0 Å². The molecule has 0 unspecified atom stereocenters. The van der Waals surface area contributed by atoms with Crippen molar-refractivity contribution in [1.29, 1.82) is 5.41 Å². The second-order valence-electron chi connectivity index (χ2n) is 9.42. The predicted octanol–water partition coefficient (Wildman–Crippen LogP) is 5.86. The van der Waals surface area contributed by atoms with E-state index in [0.717, 1.165) is 16.4 Å².